The van der Waals surface area contributed by atoms with Gasteiger partial charge in [0.2, 0.25) is 0 Å². The summed E-state index contributed by atoms with van der Waals surface area (Å²) in [4.78, 5) is 2.78. The molecular formula is C15H28N2. The molecule has 0 radical (unpaired) electrons. The number of rotatable bonds is 6. The van der Waals surface area contributed by atoms with E-state index in [0.29, 0.717) is 6.04 Å². The lowest BCUT2D eigenvalue weighted by Gasteiger charge is -2.42. The molecule has 0 aromatic rings. The summed E-state index contributed by atoms with van der Waals surface area (Å²) < 4.78 is 0. The Morgan fingerprint density at radius 2 is 2.00 bits per heavy atom. The maximum absolute atomic E-state index is 3.88. The van der Waals surface area contributed by atoms with Gasteiger partial charge < -0.3 is 5.32 Å². The van der Waals surface area contributed by atoms with Gasteiger partial charge in [0.1, 0.15) is 0 Å². The van der Waals surface area contributed by atoms with E-state index in [9.17, 15) is 0 Å². The van der Waals surface area contributed by atoms with Crippen LogP contribution in [0.3, 0.4) is 0 Å². The van der Waals surface area contributed by atoms with Gasteiger partial charge in [-0.2, -0.15) is 0 Å². The highest BCUT2D eigenvalue weighted by Gasteiger charge is 2.41. The van der Waals surface area contributed by atoms with Crippen LogP contribution in [-0.4, -0.2) is 35.6 Å². The highest BCUT2D eigenvalue weighted by molar-refractivity contribution is 5.00. The minimum absolute atomic E-state index is 0.692. The quantitative estimate of drug-likeness (QED) is 0.713. The lowest BCUT2D eigenvalue weighted by molar-refractivity contribution is 0.0786. The van der Waals surface area contributed by atoms with Crippen LogP contribution in [0.5, 0.6) is 0 Å². The van der Waals surface area contributed by atoms with E-state index in [2.05, 4.69) is 36.7 Å². The first-order valence-electron chi connectivity index (χ1n) is 7.38. The van der Waals surface area contributed by atoms with Crippen molar-refractivity contribution in [2.45, 2.75) is 76.5 Å². The predicted molar refractivity (Wildman–Crippen MR) is 74.2 cm³/mol. The molecule has 2 aliphatic rings. The van der Waals surface area contributed by atoms with Crippen molar-refractivity contribution in [1.82, 2.24) is 10.2 Å². The number of nitrogens with zero attached hydrogens (tertiary/aromatic N) is 1. The molecule has 17 heavy (non-hydrogen) atoms. The standard InChI is InChI=1S/C15H28N2/c1-4-6-12(3)17-14-7-8-15(17)11-13(10-14)16-9-5-2/h4,12-16H,1,5-11H2,2-3H3. The van der Waals surface area contributed by atoms with E-state index in [1.54, 1.807) is 0 Å². The van der Waals surface area contributed by atoms with Crippen molar-refractivity contribution in [2.24, 2.45) is 0 Å². The Morgan fingerprint density at radius 1 is 1.35 bits per heavy atom. The predicted octanol–water partition coefficient (Wildman–Crippen LogP) is 2.95. The smallest absolute Gasteiger partial charge is 0.0116 e. The van der Waals surface area contributed by atoms with Gasteiger partial charge >= 0.3 is 0 Å². The second-order valence-corrected chi connectivity index (χ2v) is 5.83. The average Bonchev–Trinajstić information content (AvgIpc) is 2.59. The molecule has 2 bridgehead atoms. The van der Waals surface area contributed by atoms with Crippen LogP contribution >= 0.6 is 0 Å². The molecule has 2 fully saturated rings. The molecule has 98 valence electrons. The molecule has 2 heterocycles. The summed E-state index contributed by atoms with van der Waals surface area (Å²) in [6.07, 6.45) is 10.0. The van der Waals surface area contributed by atoms with Gasteiger partial charge in [-0.15, -0.1) is 6.58 Å². The van der Waals surface area contributed by atoms with Gasteiger partial charge in [-0.25, -0.2) is 0 Å². The molecule has 2 saturated heterocycles. The molecule has 0 aromatic heterocycles. The molecule has 0 aliphatic carbocycles. The maximum Gasteiger partial charge on any atom is 0.0116 e. The largest absolute Gasteiger partial charge is 0.314 e. The molecular weight excluding hydrogens is 208 g/mol. The number of hydrogen-bond donors (Lipinski definition) is 1. The summed E-state index contributed by atoms with van der Waals surface area (Å²) in [5, 5.41) is 3.72. The first-order valence-corrected chi connectivity index (χ1v) is 7.38. The fraction of sp³-hybridized carbons (Fsp3) is 0.867. The third kappa shape index (κ3) is 2.92. The second kappa shape index (κ2) is 6.01. The Morgan fingerprint density at radius 3 is 2.53 bits per heavy atom. The summed E-state index contributed by atoms with van der Waals surface area (Å²) >= 11 is 0. The lowest BCUT2D eigenvalue weighted by atomic mass is 9.95. The van der Waals surface area contributed by atoms with Crippen LogP contribution in [0.4, 0.5) is 0 Å². The van der Waals surface area contributed by atoms with E-state index in [4.69, 9.17) is 0 Å². The lowest BCUT2D eigenvalue weighted by Crippen LogP contribution is -2.52. The first kappa shape index (κ1) is 13.1. The zero-order chi connectivity index (χ0) is 12.3. The monoisotopic (exact) mass is 236 g/mol. The van der Waals surface area contributed by atoms with Crippen LogP contribution in [0.15, 0.2) is 12.7 Å². The van der Waals surface area contributed by atoms with Gasteiger partial charge in [-0.05, 0) is 52.0 Å². The fourth-order valence-corrected chi connectivity index (χ4v) is 3.81. The first-order chi connectivity index (χ1) is 8.26. The molecule has 0 amide bonds. The van der Waals surface area contributed by atoms with Gasteiger partial charge in [0.05, 0.1) is 0 Å². The average molecular weight is 236 g/mol. The summed E-state index contributed by atoms with van der Waals surface area (Å²) in [7, 11) is 0. The highest BCUT2D eigenvalue weighted by atomic mass is 15.3. The topological polar surface area (TPSA) is 15.3 Å². The van der Waals surface area contributed by atoms with Gasteiger partial charge in [-0.1, -0.05) is 13.0 Å². The highest BCUT2D eigenvalue weighted by Crippen LogP contribution is 2.37. The van der Waals surface area contributed by atoms with E-state index in [-0.39, 0.29) is 0 Å². The van der Waals surface area contributed by atoms with E-state index in [1.165, 1.54) is 38.6 Å². The van der Waals surface area contributed by atoms with Gasteiger partial charge in [0.15, 0.2) is 0 Å². The Hall–Kier alpha value is -0.340. The Kier molecular flexibility index (Phi) is 4.63. The van der Waals surface area contributed by atoms with E-state index in [1.807, 2.05) is 0 Å². The number of nitrogens with one attached hydrogen (secondary N) is 1. The van der Waals surface area contributed by atoms with Crippen LogP contribution in [0.25, 0.3) is 0 Å². The zero-order valence-electron chi connectivity index (χ0n) is 11.5. The van der Waals surface area contributed by atoms with Crippen molar-refractivity contribution < 1.29 is 0 Å². The molecule has 2 rings (SSSR count). The summed E-state index contributed by atoms with van der Waals surface area (Å²) in [5.74, 6) is 0. The van der Waals surface area contributed by atoms with Gasteiger partial charge in [0.25, 0.3) is 0 Å². The van der Waals surface area contributed by atoms with Crippen molar-refractivity contribution in [2.75, 3.05) is 6.54 Å². The number of fused-ring (bicyclic) bond motifs is 2. The fourth-order valence-electron chi connectivity index (χ4n) is 3.81. The third-order valence-corrected chi connectivity index (χ3v) is 4.49. The summed E-state index contributed by atoms with van der Waals surface area (Å²) in [6.45, 7) is 9.69. The van der Waals surface area contributed by atoms with Crippen molar-refractivity contribution in [3.05, 3.63) is 12.7 Å². The van der Waals surface area contributed by atoms with Crippen LogP contribution in [0.1, 0.15) is 52.4 Å². The normalized spacial score (nSPS) is 34.8. The summed E-state index contributed by atoms with van der Waals surface area (Å²) in [6, 6.07) is 3.13. The van der Waals surface area contributed by atoms with Crippen molar-refractivity contribution >= 4 is 0 Å². The SMILES string of the molecule is C=CCC(C)N1C2CCC1CC(NCCC)C2. The number of piperidine rings is 1. The van der Waals surface area contributed by atoms with Crippen LogP contribution in [-0.2, 0) is 0 Å². The molecule has 0 spiro atoms. The van der Waals surface area contributed by atoms with E-state index >= 15 is 0 Å². The van der Waals surface area contributed by atoms with Crippen molar-refractivity contribution in [1.29, 1.82) is 0 Å². The minimum Gasteiger partial charge on any atom is -0.314 e. The van der Waals surface area contributed by atoms with Gasteiger partial charge in [0, 0.05) is 24.2 Å². The van der Waals surface area contributed by atoms with Crippen molar-refractivity contribution in [3.63, 3.8) is 0 Å². The maximum atomic E-state index is 3.88. The zero-order valence-corrected chi connectivity index (χ0v) is 11.5. The summed E-state index contributed by atoms with van der Waals surface area (Å²) in [5.41, 5.74) is 0. The van der Waals surface area contributed by atoms with E-state index < -0.39 is 0 Å². The molecule has 2 nitrogen and oxygen atoms in total. The molecule has 0 saturated carbocycles. The Bertz CT molecular complexity index is 237. The number of hydrogen-bond acceptors (Lipinski definition) is 2. The molecule has 2 heteroatoms. The van der Waals surface area contributed by atoms with Crippen LogP contribution in [0.2, 0.25) is 0 Å². The Labute approximate surface area is 106 Å². The van der Waals surface area contributed by atoms with Gasteiger partial charge in [-0.3, -0.25) is 4.90 Å². The third-order valence-electron chi connectivity index (χ3n) is 4.49. The molecule has 2 aliphatic heterocycles. The van der Waals surface area contributed by atoms with Crippen molar-refractivity contribution in [3.8, 4) is 0 Å². The minimum atomic E-state index is 0.692. The van der Waals surface area contributed by atoms with Crippen LogP contribution in [0, 0.1) is 0 Å². The molecule has 1 N–H and O–H groups in total. The Balaban J connectivity index is 1.90. The van der Waals surface area contributed by atoms with E-state index in [0.717, 1.165) is 24.5 Å². The molecule has 0 aromatic carbocycles. The van der Waals surface area contributed by atoms with Crippen LogP contribution < -0.4 is 5.32 Å². The second-order valence-electron chi connectivity index (χ2n) is 5.83. The molecule has 3 atom stereocenters. The molecule has 3 unspecified atom stereocenters.